The molecule has 0 aliphatic rings. The van der Waals surface area contributed by atoms with E-state index in [0.717, 1.165) is 14.2 Å². The van der Waals surface area contributed by atoms with Gasteiger partial charge in [-0.1, -0.05) is 11.6 Å². The molecule has 0 amide bonds. The maximum Gasteiger partial charge on any atom is 0.328 e. The molecule has 0 saturated carbocycles. The van der Waals surface area contributed by atoms with Crippen molar-refractivity contribution < 1.29 is 23.9 Å². The van der Waals surface area contributed by atoms with Crippen LogP contribution in [-0.2, 0) is 19.1 Å². The SMILES string of the molecule is COC(=O)C(C(=O)OC)C(=O)c1ccc(Cl)nc1. The number of Topliss-reactive ketones (excluding diaryl/α,β-unsaturated/α-hetero) is 1. The average Bonchev–Trinajstić information content (AvgIpc) is 2.39. The van der Waals surface area contributed by atoms with Gasteiger partial charge in [0, 0.05) is 11.8 Å². The van der Waals surface area contributed by atoms with E-state index < -0.39 is 23.6 Å². The lowest BCUT2D eigenvalue weighted by molar-refractivity contribution is -0.155. The van der Waals surface area contributed by atoms with Crippen molar-refractivity contribution in [3.05, 3.63) is 29.0 Å². The molecule has 0 bridgehead atoms. The zero-order valence-electron chi connectivity index (χ0n) is 9.68. The summed E-state index contributed by atoms with van der Waals surface area (Å²) in [6.45, 7) is 0. The fraction of sp³-hybridized carbons (Fsp3) is 0.273. The molecule has 0 spiro atoms. The molecule has 1 rings (SSSR count). The van der Waals surface area contributed by atoms with Crippen molar-refractivity contribution in [2.24, 2.45) is 5.92 Å². The van der Waals surface area contributed by atoms with Gasteiger partial charge in [0.2, 0.25) is 5.92 Å². The molecule has 0 fully saturated rings. The number of methoxy groups -OCH3 is 2. The van der Waals surface area contributed by atoms with Gasteiger partial charge in [0.15, 0.2) is 5.78 Å². The van der Waals surface area contributed by atoms with Gasteiger partial charge in [0.05, 0.1) is 14.2 Å². The van der Waals surface area contributed by atoms with Crippen LogP contribution in [0.2, 0.25) is 5.15 Å². The molecule has 0 aliphatic heterocycles. The molecule has 6 nitrogen and oxygen atoms in total. The zero-order chi connectivity index (χ0) is 13.7. The first kappa shape index (κ1) is 14.1. The van der Waals surface area contributed by atoms with Gasteiger partial charge in [-0.2, -0.15) is 0 Å². The smallest absolute Gasteiger partial charge is 0.328 e. The first-order valence-corrected chi connectivity index (χ1v) is 5.20. The molecule has 0 saturated heterocycles. The second-order valence-electron chi connectivity index (χ2n) is 3.21. The number of hydrogen-bond donors (Lipinski definition) is 0. The number of ether oxygens (including phenoxy) is 2. The molecule has 0 unspecified atom stereocenters. The predicted octanol–water partition coefficient (Wildman–Crippen LogP) is 0.880. The molecule has 0 N–H and O–H groups in total. The molecule has 1 heterocycles. The second kappa shape index (κ2) is 6.11. The maximum atomic E-state index is 12.0. The van der Waals surface area contributed by atoms with E-state index in [0.29, 0.717) is 0 Å². The van der Waals surface area contributed by atoms with Crippen LogP contribution in [0.1, 0.15) is 10.4 Å². The summed E-state index contributed by atoms with van der Waals surface area (Å²) < 4.78 is 8.79. The van der Waals surface area contributed by atoms with Crippen molar-refractivity contribution in [3.8, 4) is 0 Å². The molecule has 0 radical (unpaired) electrons. The topological polar surface area (TPSA) is 82.6 Å². The van der Waals surface area contributed by atoms with E-state index in [1.54, 1.807) is 0 Å². The van der Waals surface area contributed by atoms with E-state index in [4.69, 9.17) is 11.6 Å². The Kier molecular flexibility index (Phi) is 4.79. The molecule has 0 aromatic carbocycles. The Hall–Kier alpha value is -1.95. The van der Waals surface area contributed by atoms with Gasteiger partial charge in [-0.15, -0.1) is 0 Å². The Morgan fingerprint density at radius 3 is 2.11 bits per heavy atom. The molecule has 0 aliphatic carbocycles. The van der Waals surface area contributed by atoms with Gasteiger partial charge < -0.3 is 9.47 Å². The number of nitrogens with zero attached hydrogens (tertiary/aromatic N) is 1. The van der Waals surface area contributed by atoms with E-state index >= 15 is 0 Å². The summed E-state index contributed by atoms with van der Waals surface area (Å²) in [5, 5.41) is 0.194. The standard InChI is InChI=1S/C11H10ClNO5/c1-17-10(15)8(11(16)18-2)9(14)6-3-4-7(12)13-5-6/h3-5,8H,1-2H3. The number of hydrogen-bond acceptors (Lipinski definition) is 6. The molecule has 18 heavy (non-hydrogen) atoms. The van der Waals surface area contributed by atoms with Crippen LogP contribution in [0.3, 0.4) is 0 Å². The van der Waals surface area contributed by atoms with Gasteiger partial charge in [-0.3, -0.25) is 14.4 Å². The number of rotatable bonds is 4. The molecule has 96 valence electrons. The average molecular weight is 272 g/mol. The van der Waals surface area contributed by atoms with Gasteiger partial charge in [-0.25, -0.2) is 4.98 Å². The minimum absolute atomic E-state index is 0.0696. The Balaban J connectivity index is 3.06. The van der Waals surface area contributed by atoms with Crippen molar-refractivity contribution in [1.82, 2.24) is 4.98 Å². The molecule has 1 aromatic rings. The minimum atomic E-state index is -1.65. The fourth-order valence-corrected chi connectivity index (χ4v) is 1.35. The lowest BCUT2D eigenvalue weighted by Gasteiger charge is -2.11. The third kappa shape index (κ3) is 3.04. The summed E-state index contributed by atoms with van der Waals surface area (Å²) in [7, 11) is 2.15. The molecular formula is C11H10ClNO5. The maximum absolute atomic E-state index is 12.0. The summed E-state index contributed by atoms with van der Waals surface area (Å²) in [5.41, 5.74) is 0.0696. The van der Waals surface area contributed by atoms with Gasteiger partial charge >= 0.3 is 11.9 Å². The van der Waals surface area contributed by atoms with Crippen LogP contribution in [-0.4, -0.2) is 36.9 Å². The van der Waals surface area contributed by atoms with Crippen LogP contribution < -0.4 is 0 Å². The Morgan fingerprint density at radius 2 is 1.72 bits per heavy atom. The van der Waals surface area contributed by atoms with Gasteiger partial charge in [-0.05, 0) is 12.1 Å². The van der Waals surface area contributed by atoms with E-state index in [2.05, 4.69) is 14.5 Å². The van der Waals surface area contributed by atoms with Gasteiger partial charge in [0.1, 0.15) is 5.15 Å². The van der Waals surface area contributed by atoms with Crippen LogP contribution in [0, 0.1) is 5.92 Å². The van der Waals surface area contributed by atoms with E-state index in [1.165, 1.54) is 18.3 Å². The first-order chi connectivity index (χ1) is 8.51. The van der Waals surface area contributed by atoms with Crippen molar-refractivity contribution >= 4 is 29.3 Å². The predicted molar refractivity (Wildman–Crippen MR) is 61.1 cm³/mol. The van der Waals surface area contributed by atoms with Crippen LogP contribution in [0.4, 0.5) is 0 Å². The van der Waals surface area contributed by atoms with Crippen molar-refractivity contribution in [1.29, 1.82) is 0 Å². The van der Waals surface area contributed by atoms with E-state index in [-0.39, 0.29) is 10.7 Å². The summed E-state index contributed by atoms with van der Waals surface area (Å²) in [6, 6.07) is 2.73. The lowest BCUT2D eigenvalue weighted by atomic mass is 9.99. The Labute approximate surface area is 108 Å². The van der Waals surface area contributed by atoms with E-state index in [9.17, 15) is 14.4 Å². The highest BCUT2D eigenvalue weighted by molar-refractivity contribution is 6.29. The molecule has 1 aromatic heterocycles. The number of esters is 2. The molecular weight excluding hydrogens is 262 g/mol. The number of halogens is 1. The van der Waals surface area contributed by atoms with Crippen LogP contribution in [0.25, 0.3) is 0 Å². The van der Waals surface area contributed by atoms with Crippen LogP contribution in [0.15, 0.2) is 18.3 Å². The number of pyridine rings is 1. The summed E-state index contributed by atoms with van der Waals surface area (Å²) in [4.78, 5) is 38.5. The number of aromatic nitrogens is 1. The monoisotopic (exact) mass is 271 g/mol. The quantitative estimate of drug-likeness (QED) is 0.350. The van der Waals surface area contributed by atoms with E-state index in [1.807, 2.05) is 0 Å². The van der Waals surface area contributed by atoms with Crippen molar-refractivity contribution in [3.63, 3.8) is 0 Å². The van der Waals surface area contributed by atoms with Gasteiger partial charge in [0.25, 0.3) is 0 Å². The van der Waals surface area contributed by atoms with Crippen LogP contribution >= 0.6 is 11.6 Å². The second-order valence-corrected chi connectivity index (χ2v) is 3.60. The largest absolute Gasteiger partial charge is 0.468 e. The number of ketones is 1. The normalized spacial score (nSPS) is 10.0. The highest BCUT2D eigenvalue weighted by Crippen LogP contribution is 2.13. The minimum Gasteiger partial charge on any atom is -0.468 e. The number of carbonyl (C=O) groups is 3. The number of carbonyl (C=O) groups excluding carboxylic acids is 3. The summed E-state index contributed by atoms with van der Waals surface area (Å²) >= 11 is 5.57. The third-order valence-electron chi connectivity index (χ3n) is 2.15. The zero-order valence-corrected chi connectivity index (χ0v) is 10.4. The lowest BCUT2D eigenvalue weighted by Crippen LogP contribution is -2.33. The summed E-state index contributed by atoms with van der Waals surface area (Å²) in [5.74, 6) is -4.37. The highest BCUT2D eigenvalue weighted by atomic mass is 35.5. The first-order valence-electron chi connectivity index (χ1n) is 4.82. The fourth-order valence-electron chi connectivity index (χ4n) is 1.23. The summed E-state index contributed by atoms with van der Waals surface area (Å²) in [6.07, 6.45) is 1.17. The van der Waals surface area contributed by atoms with Crippen LogP contribution in [0.5, 0.6) is 0 Å². The third-order valence-corrected chi connectivity index (χ3v) is 2.37. The Bertz CT molecular complexity index is 455. The van der Waals surface area contributed by atoms with Crippen molar-refractivity contribution in [2.75, 3.05) is 14.2 Å². The van der Waals surface area contributed by atoms with Crippen molar-refractivity contribution in [2.45, 2.75) is 0 Å². The Morgan fingerprint density at radius 1 is 1.17 bits per heavy atom. The molecule has 7 heteroatoms. The molecule has 0 atom stereocenters. The highest BCUT2D eigenvalue weighted by Gasteiger charge is 2.36.